The van der Waals surface area contributed by atoms with Gasteiger partial charge in [-0.3, -0.25) is 9.59 Å². The van der Waals surface area contributed by atoms with Crippen molar-refractivity contribution in [3.8, 4) is 80.1 Å². The molecule has 0 fully saturated rings. The van der Waals surface area contributed by atoms with Gasteiger partial charge in [0.1, 0.15) is 62.2 Å². The molecule has 284 valence electrons. The second-order valence-electron chi connectivity index (χ2n) is 11.0. The number of hydrogen-bond acceptors (Lipinski definition) is 14. The highest BCUT2D eigenvalue weighted by Crippen LogP contribution is 2.44. The van der Waals surface area contributed by atoms with Crippen LogP contribution >= 0.6 is 45.2 Å². The predicted octanol–water partition coefficient (Wildman–Crippen LogP) is 7.61. The fourth-order valence-electron chi connectivity index (χ4n) is 5.53. The Morgan fingerprint density at radius 2 is 0.870 bits per heavy atom. The third-order valence-electron chi connectivity index (χ3n) is 8.16. The summed E-state index contributed by atoms with van der Waals surface area (Å²) in [7, 11) is 12.0. The number of phenols is 2. The molecule has 0 aliphatic heterocycles. The van der Waals surface area contributed by atoms with Crippen LogP contribution in [0, 0.1) is 7.14 Å². The minimum absolute atomic E-state index is 0.0865. The monoisotopic (exact) mass is 968 g/mol. The summed E-state index contributed by atoms with van der Waals surface area (Å²) in [6, 6.07) is 12.4. The number of benzene rings is 4. The van der Waals surface area contributed by atoms with E-state index in [9.17, 15) is 19.8 Å². The fraction of sp³-hybridized carbons (Fsp3) is 0.211. The van der Waals surface area contributed by atoms with Gasteiger partial charge in [-0.1, -0.05) is 0 Å². The lowest BCUT2D eigenvalue weighted by atomic mass is 10.1. The van der Waals surface area contributed by atoms with Crippen LogP contribution in [0.15, 0.2) is 67.0 Å². The zero-order valence-electron chi connectivity index (χ0n) is 30.2. The zero-order chi connectivity index (χ0) is 39.4. The average Bonchev–Trinajstić information content (AvgIpc) is 3.18. The summed E-state index contributed by atoms with van der Waals surface area (Å²) in [5.41, 5.74) is 0.705. The molecule has 54 heavy (non-hydrogen) atoms. The maximum absolute atomic E-state index is 12.7. The number of aromatic hydroxyl groups is 2. The van der Waals surface area contributed by atoms with Gasteiger partial charge >= 0.3 is 0 Å². The van der Waals surface area contributed by atoms with E-state index in [-0.39, 0.29) is 55.8 Å². The summed E-state index contributed by atoms with van der Waals surface area (Å²) < 4.78 is 55.1. The minimum atomic E-state index is -0.388. The third kappa shape index (κ3) is 7.43. The maximum Gasteiger partial charge on any atom is 0.203 e. The van der Waals surface area contributed by atoms with Crippen molar-refractivity contribution >= 4 is 67.1 Å². The Labute approximate surface area is 335 Å². The first-order chi connectivity index (χ1) is 25.9. The molecule has 0 aliphatic carbocycles. The van der Waals surface area contributed by atoms with Crippen molar-refractivity contribution in [2.45, 2.75) is 0 Å². The molecule has 0 saturated heterocycles. The van der Waals surface area contributed by atoms with Gasteiger partial charge in [-0.2, -0.15) is 0 Å². The van der Waals surface area contributed by atoms with Gasteiger partial charge in [-0.05, 0) is 63.4 Å². The highest BCUT2D eigenvalue weighted by molar-refractivity contribution is 14.1. The van der Waals surface area contributed by atoms with Crippen molar-refractivity contribution in [1.82, 2.24) is 0 Å². The topological polar surface area (TPSA) is 175 Å². The van der Waals surface area contributed by atoms with Crippen molar-refractivity contribution < 1.29 is 56.9 Å². The van der Waals surface area contributed by atoms with Crippen molar-refractivity contribution in [1.29, 1.82) is 0 Å². The number of rotatable bonds is 10. The van der Waals surface area contributed by atoms with E-state index < -0.39 is 0 Å². The van der Waals surface area contributed by atoms with Gasteiger partial charge in [0.2, 0.25) is 5.75 Å². The second-order valence-corrected chi connectivity index (χ2v) is 13.2. The van der Waals surface area contributed by atoms with Crippen LogP contribution in [-0.4, -0.2) is 67.1 Å². The van der Waals surface area contributed by atoms with Crippen molar-refractivity contribution in [3.05, 3.63) is 76.1 Å². The molecule has 0 radical (unpaired) electrons. The SMILES string of the molecule is COc1cc(OC)c(-c2cc(=O)c3c(O)c(I)c(OC)cc3o2)cc1OC.COc1cc2oc(-c3cc(OC)c(OC)c(OC)c3)cc(=O)c2c(O)c1I. The molecular formula is C38H34I2O14. The first-order valence-electron chi connectivity index (χ1n) is 15.6. The molecule has 0 aliphatic rings. The van der Waals surface area contributed by atoms with Crippen LogP contribution in [0.4, 0.5) is 0 Å². The van der Waals surface area contributed by atoms with Gasteiger partial charge in [0.15, 0.2) is 33.9 Å². The van der Waals surface area contributed by atoms with Gasteiger partial charge in [-0.15, -0.1) is 0 Å². The Hall–Kier alpha value is -5.24. The van der Waals surface area contributed by atoms with Gasteiger partial charge < -0.3 is 56.9 Å². The maximum atomic E-state index is 12.7. The number of phenolic OH excluding ortho intramolecular Hbond substituents is 2. The molecule has 0 bridgehead atoms. The summed E-state index contributed by atoms with van der Waals surface area (Å²) in [5.74, 6) is 3.68. The number of ether oxygens (including phenoxy) is 8. The smallest absolute Gasteiger partial charge is 0.203 e. The second kappa shape index (κ2) is 16.8. The molecule has 2 N–H and O–H groups in total. The largest absolute Gasteiger partial charge is 0.506 e. The molecule has 2 heterocycles. The molecule has 0 spiro atoms. The van der Waals surface area contributed by atoms with Gasteiger partial charge in [0, 0.05) is 35.9 Å². The van der Waals surface area contributed by atoms with Crippen LogP contribution in [-0.2, 0) is 0 Å². The summed E-state index contributed by atoms with van der Waals surface area (Å²) in [5, 5.41) is 20.9. The highest BCUT2D eigenvalue weighted by atomic mass is 127. The molecule has 0 unspecified atom stereocenters. The van der Waals surface area contributed by atoms with Crippen LogP contribution in [0.5, 0.6) is 57.5 Å². The normalized spacial score (nSPS) is 10.7. The van der Waals surface area contributed by atoms with Crippen LogP contribution in [0.2, 0.25) is 0 Å². The first-order valence-corrected chi connectivity index (χ1v) is 17.7. The lowest BCUT2D eigenvalue weighted by Crippen LogP contribution is -2.03. The van der Waals surface area contributed by atoms with Crippen LogP contribution < -0.4 is 48.8 Å². The van der Waals surface area contributed by atoms with Crippen molar-refractivity contribution in [2.24, 2.45) is 0 Å². The number of hydrogen-bond donors (Lipinski definition) is 2. The Morgan fingerprint density at radius 3 is 1.30 bits per heavy atom. The molecule has 0 saturated carbocycles. The summed E-state index contributed by atoms with van der Waals surface area (Å²) in [6.45, 7) is 0. The van der Waals surface area contributed by atoms with E-state index in [1.165, 1.54) is 69.0 Å². The van der Waals surface area contributed by atoms with Crippen molar-refractivity contribution in [2.75, 3.05) is 56.9 Å². The van der Waals surface area contributed by atoms with Crippen molar-refractivity contribution in [3.63, 3.8) is 0 Å². The van der Waals surface area contributed by atoms with E-state index in [4.69, 9.17) is 46.7 Å². The van der Waals surface area contributed by atoms with E-state index in [1.807, 2.05) is 45.2 Å². The van der Waals surface area contributed by atoms with E-state index in [0.717, 1.165) is 0 Å². The van der Waals surface area contributed by atoms with E-state index in [1.54, 1.807) is 36.4 Å². The third-order valence-corrected chi connectivity index (χ3v) is 10.2. The highest BCUT2D eigenvalue weighted by Gasteiger charge is 2.22. The summed E-state index contributed by atoms with van der Waals surface area (Å²) >= 11 is 3.83. The molecule has 4 aromatic carbocycles. The molecule has 2 aromatic heterocycles. The van der Waals surface area contributed by atoms with Gasteiger partial charge in [-0.25, -0.2) is 0 Å². The quantitative estimate of drug-likeness (QED) is 0.128. The number of methoxy groups -OCH3 is 8. The predicted molar refractivity (Wildman–Crippen MR) is 217 cm³/mol. The zero-order valence-corrected chi connectivity index (χ0v) is 34.5. The molecule has 6 rings (SSSR count). The number of halogens is 2. The first kappa shape index (κ1) is 40.0. The number of fused-ring (bicyclic) bond motifs is 2. The molecular weight excluding hydrogens is 934 g/mol. The Balaban J connectivity index is 0.000000208. The summed E-state index contributed by atoms with van der Waals surface area (Å²) in [6.07, 6.45) is 0. The molecule has 0 amide bonds. The molecule has 0 atom stereocenters. The fourth-order valence-corrected chi connectivity index (χ4v) is 6.82. The van der Waals surface area contributed by atoms with Crippen LogP contribution in [0.25, 0.3) is 44.6 Å². The Bertz CT molecular complexity index is 2460. The summed E-state index contributed by atoms with van der Waals surface area (Å²) in [4.78, 5) is 25.3. The Morgan fingerprint density at radius 1 is 0.463 bits per heavy atom. The molecule has 6 aromatic rings. The Kier molecular flexibility index (Phi) is 12.5. The van der Waals surface area contributed by atoms with Gasteiger partial charge in [0.05, 0.1) is 69.6 Å². The van der Waals surface area contributed by atoms with E-state index in [0.29, 0.717) is 64.3 Å². The van der Waals surface area contributed by atoms with Crippen LogP contribution in [0.3, 0.4) is 0 Å². The molecule has 14 nitrogen and oxygen atoms in total. The molecule has 16 heteroatoms. The minimum Gasteiger partial charge on any atom is -0.506 e. The van der Waals surface area contributed by atoms with E-state index in [2.05, 4.69) is 0 Å². The average molecular weight is 968 g/mol. The lowest BCUT2D eigenvalue weighted by molar-refractivity contribution is 0.324. The standard InChI is InChI=1S/2C19H17IO7/c1-23-11-7-14(25-3)13(24-2)5-9(11)12-6-10(21)17-15(27-12)8-16(26-4)18(20)19(17)22;1-23-13-8-12-16(18(22)17(13)20)10(21)7-11(27-12)9-5-14(24-2)19(26-4)15(6-9)25-3/h2*5-8,22H,1-4H3. The van der Waals surface area contributed by atoms with E-state index >= 15 is 0 Å². The lowest BCUT2D eigenvalue weighted by Gasteiger charge is -2.14. The van der Waals surface area contributed by atoms with Gasteiger partial charge in [0.25, 0.3) is 0 Å². The van der Waals surface area contributed by atoms with Crippen LogP contribution in [0.1, 0.15) is 0 Å².